The highest BCUT2D eigenvalue weighted by Gasteiger charge is 2.10. The van der Waals surface area contributed by atoms with Gasteiger partial charge in [-0.1, -0.05) is 25.2 Å². The van der Waals surface area contributed by atoms with E-state index < -0.39 is 0 Å². The van der Waals surface area contributed by atoms with E-state index in [0.29, 0.717) is 24.6 Å². The van der Waals surface area contributed by atoms with E-state index in [4.69, 9.17) is 10.5 Å². The zero-order valence-corrected chi connectivity index (χ0v) is 12.0. The summed E-state index contributed by atoms with van der Waals surface area (Å²) in [5, 5.41) is 4.68. The topological polar surface area (TPSA) is 64.3 Å². The Balaban J connectivity index is 2.35. The largest absolute Gasteiger partial charge is 0.380 e. The van der Waals surface area contributed by atoms with Crippen LogP contribution in [0.5, 0.6) is 0 Å². The Morgan fingerprint density at radius 3 is 3.11 bits per heavy atom. The van der Waals surface area contributed by atoms with Crippen molar-refractivity contribution < 1.29 is 9.53 Å². The first-order valence-electron chi connectivity index (χ1n) is 6.42. The summed E-state index contributed by atoms with van der Waals surface area (Å²) in [6.45, 7) is 4.22. The second-order valence-corrected chi connectivity index (χ2v) is 4.81. The van der Waals surface area contributed by atoms with E-state index in [1.54, 1.807) is 0 Å². The summed E-state index contributed by atoms with van der Waals surface area (Å²) < 4.78 is 5.38. The molecule has 0 unspecified atom stereocenters. The van der Waals surface area contributed by atoms with Crippen LogP contribution in [0.3, 0.4) is 0 Å². The Hall–Kier alpha value is -1.35. The first-order chi connectivity index (χ1) is 9.29. The van der Waals surface area contributed by atoms with Gasteiger partial charge in [-0.25, -0.2) is 0 Å². The summed E-state index contributed by atoms with van der Waals surface area (Å²) in [7, 11) is 0. The van der Waals surface area contributed by atoms with Crippen molar-refractivity contribution in [3.63, 3.8) is 0 Å². The molecule has 1 amide bonds. The molecule has 19 heavy (non-hydrogen) atoms. The van der Waals surface area contributed by atoms with E-state index in [2.05, 4.69) is 24.1 Å². The first-order valence-corrected chi connectivity index (χ1v) is 7.30. The number of amides is 1. The molecule has 4 nitrogen and oxygen atoms in total. The third-order valence-electron chi connectivity index (χ3n) is 2.37. The van der Waals surface area contributed by atoms with Crippen molar-refractivity contribution in [3.05, 3.63) is 21.9 Å². The minimum atomic E-state index is -0.101. The van der Waals surface area contributed by atoms with Gasteiger partial charge in [-0.15, -0.1) is 11.3 Å². The highest BCUT2D eigenvalue weighted by Crippen LogP contribution is 2.15. The summed E-state index contributed by atoms with van der Waals surface area (Å²) in [5.74, 6) is 5.55. The summed E-state index contributed by atoms with van der Waals surface area (Å²) in [4.78, 5) is 12.6. The van der Waals surface area contributed by atoms with Gasteiger partial charge in [-0.2, -0.15) is 0 Å². The van der Waals surface area contributed by atoms with E-state index in [1.807, 2.05) is 11.4 Å². The Morgan fingerprint density at radius 2 is 2.37 bits per heavy atom. The molecule has 0 aliphatic rings. The molecule has 0 aromatic carbocycles. The maximum absolute atomic E-state index is 11.9. The van der Waals surface area contributed by atoms with Gasteiger partial charge in [0.25, 0.3) is 5.91 Å². The molecule has 3 N–H and O–H groups in total. The van der Waals surface area contributed by atoms with Gasteiger partial charge in [0.2, 0.25) is 0 Å². The van der Waals surface area contributed by atoms with Crippen LogP contribution < -0.4 is 11.1 Å². The standard InChI is InChI=1S/C14H20N2O2S/c1-2-3-9-18-10-8-16-14(17)13-12(5-4-7-15)6-11-19-13/h6,11H,2-3,7-10,15H2,1H3,(H,16,17). The SMILES string of the molecule is CCCCOCCNC(=O)c1sccc1C#CCN. The number of ether oxygens (including phenoxy) is 1. The molecule has 0 aliphatic heterocycles. The lowest BCUT2D eigenvalue weighted by Gasteiger charge is -2.05. The predicted octanol–water partition coefficient (Wildman–Crippen LogP) is 1.60. The summed E-state index contributed by atoms with van der Waals surface area (Å²) in [6.07, 6.45) is 2.17. The van der Waals surface area contributed by atoms with Crippen LogP contribution in [0, 0.1) is 11.8 Å². The quantitative estimate of drug-likeness (QED) is 0.589. The van der Waals surface area contributed by atoms with Gasteiger partial charge in [-0.05, 0) is 17.9 Å². The van der Waals surface area contributed by atoms with Crippen LogP contribution >= 0.6 is 11.3 Å². The zero-order chi connectivity index (χ0) is 13.9. The minimum absolute atomic E-state index is 0.101. The van der Waals surface area contributed by atoms with Crippen molar-refractivity contribution in [1.29, 1.82) is 0 Å². The number of nitrogens with one attached hydrogen (secondary N) is 1. The van der Waals surface area contributed by atoms with Gasteiger partial charge in [0, 0.05) is 18.7 Å². The van der Waals surface area contributed by atoms with E-state index in [-0.39, 0.29) is 5.91 Å². The number of hydrogen-bond donors (Lipinski definition) is 2. The highest BCUT2D eigenvalue weighted by molar-refractivity contribution is 7.12. The van der Waals surface area contributed by atoms with Gasteiger partial charge in [0.15, 0.2) is 0 Å². The fourth-order valence-corrected chi connectivity index (χ4v) is 2.16. The number of thiophene rings is 1. The molecule has 5 heteroatoms. The Kier molecular flexibility index (Phi) is 7.91. The smallest absolute Gasteiger partial charge is 0.262 e. The number of hydrogen-bond acceptors (Lipinski definition) is 4. The van der Waals surface area contributed by atoms with Crippen molar-refractivity contribution in [3.8, 4) is 11.8 Å². The molecule has 0 saturated heterocycles. The lowest BCUT2D eigenvalue weighted by atomic mass is 10.2. The Morgan fingerprint density at radius 1 is 1.53 bits per heavy atom. The molecular formula is C14H20N2O2S. The summed E-state index contributed by atoms with van der Waals surface area (Å²) >= 11 is 1.38. The number of carbonyl (C=O) groups excluding carboxylic acids is 1. The normalized spacial score (nSPS) is 9.79. The minimum Gasteiger partial charge on any atom is -0.380 e. The van der Waals surface area contributed by atoms with Crippen LogP contribution in [0.4, 0.5) is 0 Å². The number of rotatable bonds is 7. The summed E-state index contributed by atoms with van der Waals surface area (Å²) in [6, 6.07) is 1.83. The maximum atomic E-state index is 11.9. The second kappa shape index (κ2) is 9.56. The van der Waals surface area contributed by atoms with E-state index in [1.165, 1.54) is 11.3 Å². The molecular weight excluding hydrogens is 260 g/mol. The van der Waals surface area contributed by atoms with Crippen LogP contribution in [0.1, 0.15) is 35.0 Å². The fraction of sp³-hybridized carbons (Fsp3) is 0.500. The molecule has 0 fully saturated rings. The lowest BCUT2D eigenvalue weighted by molar-refractivity contribution is 0.0916. The van der Waals surface area contributed by atoms with Crippen molar-refractivity contribution in [2.24, 2.45) is 5.73 Å². The second-order valence-electron chi connectivity index (χ2n) is 3.89. The molecule has 0 saturated carbocycles. The average Bonchev–Trinajstić information content (AvgIpc) is 2.88. The number of nitrogens with two attached hydrogens (primary N) is 1. The number of unbranched alkanes of at least 4 members (excludes halogenated alkanes) is 1. The van der Waals surface area contributed by atoms with Crippen LogP contribution in [-0.4, -0.2) is 32.2 Å². The lowest BCUT2D eigenvalue weighted by Crippen LogP contribution is -2.27. The molecule has 104 valence electrons. The molecule has 1 heterocycles. The zero-order valence-electron chi connectivity index (χ0n) is 11.2. The molecule has 0 bridgehead atoms. The monoisotopic (exact) mass is 280 g/mol. The molecule has 1 aromatic heterocycles. The van der Waals surface area contributed by atoms with Crippen molar-refractivity contribution >= 4 is 17.2 Å². The van der Waals surface area contributed by atoms with Gasteiger partial charge in [-0.3, -0.25) is 4.79 Å². The molecule has 1 rings (SSSR count). The van der Waals surface area contributed by atoms with E-state index in [9.17, 15) is 4.79 Å². The number of carbonyl (C=O) groups is 1. The van der Waals surface area contributed by atoms with E-state index >= 15 is 0 Å². The Labute approximate surface area is 118 Å². The predicted molar refractivity (Wildman–Crippen MR) is 78.3 cm³/mol. The van der Waals surface area contributed by atoms with Crippen LogP contribution in [0.2, 0.25) is 0 Å². The molecule has 1 aromatic rings. The fourth-order valence-electron chi connectivity index (χ4n) is 1.40. The van der Waals surface area contributed by atoms with Crippen LogP contribution in [-0.2, 0) is 4.74 Å². The summed E-state index contributed by atoms with van der Waals surface area (Å²) in [5.41, 5.74) is 6.06. The third kappa shape index (κ3) is 5.88. The van der Waals surface area contributed by atoms with Gasteiger partial charge in [0.05, 0.1) is 13.2 Å². The molecule has 0 aliphatic carbocycles. The Bertz CT molecular complexity index is 446. The van der Waals surface area contributed by atoms with Gasteiger partial charge < -0.3 is 15.8 Å². The first kappa shape index (κ1) is 15.7. The highest BCUT2D eigenvalue weighted by atomic mass is 32.1. The maximum Gasteiger partial charge on any atom is 0.262 e. The van der Waals surface area contributed by atoms with Gasteiger partial charge >= 0.3 is 0 Å². The van der Waals surface area contributed by atoms with Crippen molar-refractivity contribution in [1.82, 2.24) is 5.32 Å². The van der Waals surface area contributed by atoms with Crippen molar-refractivity contribution in [2.75, 3.05) is 26.3 Å². The van der Waals surface area contributed by atoms with Crippen LogP contribution in [0.15, 0.2) is 11.4 Å². The molecule has 0 spiro atoms. The van der Waals surface area contributed by atoms with E-state index in [0.717, 1.165) is 25.0 Å². The van der Waals surface area contributed by atoms with Crippen molar-refractivity contribution in [2.45, 2.75) is 19.8 Å². The third-order valence-corrected chi connectivity index (χ3v) is 3.28. The molecule has 0 radical (unpaired) electrons. The van der Waals surface area contributed by atoms with Crippen LogP contribution in [0.25, 0.3) is 0 Å². The average molecular weight is 280 g/mol. The molecule has 0 atom stereocenters. The van der Waals surface area contributed by atoms with Gasteiger partial charge in [0.1, 0.15) is 4.88 Å².